The molecular formula is C26H17BrO8. The van der Waals surface area contributed by atoms with Crippen LogP contribution in [0.3, 0.4) is 0 Å². The molecule has 2 aromatic heterocycles. The largest absolute Gasteiger partial charge is 0.507 e. The Balaban J connectivity index is 1.93. The van der Waals surface area contributed by atoms with E-state index in [9.17, 15) is 24.9 Å². The van der Waals surface area contributed by atoms with E-state index < -0.39 is 28.7 Å². The Hall–Kier alpha value is -4.24. The van der Waals surface area contributed by atoms with Crippen LogP contribution in [0.25, 0.3) is 21.9 Å². The summed E-state index contributed by atoms with van der Waals surface area (Å²) in [6.45, 7) is 0. The summed E-state index contributed by atoms with van der Waals surface area (Å²) < 4.78 is 16.4. The number of para-hydroxylation sites is 2. The third-order valence-corrected chi connectivity index (χ3v) is 6.39. The quantitative estimate of drug-likeness (QED) is 0.274. The predicted octanol–water partition coefficient (Wildman–Crippen LogP) is 4.97. The van der Waals surface area contributed by atoms with Crippen molar-refractivity contribution in [3.05, 3.63) is 103 Å². The van der Waals surface area contributed by atoms with Crippen LogP contribution >= 0.6 is 15.9 Å². The zero-order chi connectivity index (χ0) is 24.9. The van der Waals surface area contributed by atoms with E-state index in [1.807, 2.05) is 0 Å². The van der Waals surface area contributed by atoms with Crippen molar-refractivity contribution < 1.29 is 28.9 Å². The van der Waals surface area contributed by atoms with Gasteiger partial charge in [-0.1, -0.05) is 24.3 Å². The van der Waals surface area contributed by atoms with E-state index in [2.05, 4.69) is 15.9 Å². The highest BCUT2D eigenvalue weighted by Crippen LogP contribution is 2.45. The summed E-state index contributed by atoms with van der Waals surface area (Å²) in [5.41, 5.74) is -1.99. The summed E-state index contributed by atoms with van der Waals surface area (Å²) in [4.78, 5) is 26.4. The SMILES string of the molecule is COc1c(O)cc(C(c2c(O)c3ccccc3oc2=O)c2c(O)c3ccccc3oc2=O)cc1Br. The summed E-state index contributed by atoms with van der Waals surface area (Å²) in [5.74, 6) is -2.40. The van der Waals surface area contributed by atoms with Crippen molar-refractivity contribution >= 4 is 37.9 Å². The molecule has 0 atom stereocenters. The Morgan fingerprint density at radius 2 is 1.29 bits per heavy atom. The first-order valence-corrected chi connectivity index (χ1v) is 11.2. The molecule has 0 saturated carbocycles. The van der Waals surface area contributed by atoms with Gasteiger partial charge in [-0.15, -0.1) is 0 Å². The molecule has 0 fully saturated rings. The third kappa shape index (κ3) is 3.60. The van der Waals surface area contributed by atoms with Crippen LogP contribution in [0.2, 0.25) is 0 Å². The average molecular weight is 537 g/mol. The molecule has 3 aromatic carbocycles. The van der Waals surface area contributed by atoms with E-state index in [0.717, 1.165) is 0 Å². The molecule has 0 saturated heterocycles. The first kappa shape index (κ1) is 22.5. The normalized spacial score (nSPS) is 11.4. The van der Waals surface area contributed by atoms with Gasteiger partial charge in [-0.3, -0.25) is 0 Å². The number of hydrogen-bond donors (Lipinski definition) is 3. The maximum absolute atomic E-state index is 13.2. The lowest BCUT2D eigenvalue weighted by atomic mass is 9.84. The van der Waals surface area contributed by atoms with Gasteiger partial charge in [0.15, 0.2) is 11.5 Å². The molecule has 0 aliphatic carbocycles. The number of halogens is 1. The summed E-state index contributed by atoms with van der Waals surface area (Å²) in [5, 5.41) is 33.4. The smallest absolute Gasteiger partial charge is 0.344 e. The molecule has 0 radical (unpaired) electrons. The highest BCUT2D eigenvalue weighted by Gasteiger charge is 2.33. The van der Waals surface area contributed by atoms with Crippen LogP contribution in [-0.4, -0.2) is 22.4 Å². The van der Waals surface area contributed by atoms with Gasteiger partial charge in [0.2, 0.25) is 0 Å². The van der Waals surface area contributed by atoms with Crippen molar-refractivity contribution in [3.63, 3.8) is 0 Å². The summed E-state index contributed by atoms with van der Waals surface area (Å²) in [7, 11) is 1.37. The summed E-state index contributed by atoms with van der Waals surface area (Å²) >= 11 is 3.31. The second-order valence-corrected chi connectivity index (χ2v) is 8.64. The molecule has 5 rings (SSSR count). The molecule has 0 aliphatic rings. The minimum absolute atomic E-state index is 0.122. The highest BCUT2D eigenvalue weighted by atomic mass is 79.9. The Bertz CT molecular complexity index is 1610. The Morgan fingerprint density at radius 1 is 0.800 bits per heavy atom. The number of aromatic hydroxyl groups is 3. The number of methoxy groups -OCH3 is 1. The lowest BCUT2D eigenvalue weighted by molar-refractivity contribution is 0.370. The fourth-order valence-electron chi connectivity index (χ4n) is 4.25. The Labute approximate surface area is 205 Å². The molecule has 8 nitrogen and oxygen atoms in total. The van der Waals surface area contributed by atoms with Crippen LogP contribution in [0, 0.1) is 0 Å². The van der Waals surface area contributed by atoms with Gasteiger partial charge in [-0.05, 0) is 57.9 Å². The van der Waals surface area contributed by atoms with Gasteiger partial charge in [0.05, 0.1) is 39.4 Å². The van der Waals surface area contributed by atoms with Gasteiger partial charge >= 0.3 is 11.3 Å². The van der Waals surface area contributed by atoms with E-state index in [0.29, 0.717) is 4.47 Å². The first-order chi connectivity index (χ1) is 16.8. The van der Waals surface area contributed by atoms with Crippen molar-refractivity contribution in [2.75, 3.05) is 7.11 Å². The van der Waals surface area contributed by atoms with Gasteiger partial charge in [0, 0.05) is 0 Å². The van der Waals surface area contributed by atoms with Crippen LogP contribution < -0.4 is 16.0 Å². The van der Waals surface area contributed by atoms with E-state index in [1.54, 1.807) is 36.4 Å². The molecule has 2 heterocycles. The predicted molar refractivity (Wildman–Crippen MR) is 132 cm³/mol. The maximum atomic E-state index is 13.2. The number of benzene rings is 3. The number of ether oxygens (including phenoxy) is 1. The van der Waals surface area contributed by atoms with Crippen molar-refractivity contribution in [1.82, 2.24) is 0 Å². The van der Waals surface area contributed by atoms with Crippen molar-refractivity contribution in [1.29, 1.82) is 0 Å². The Kier molecular flexibility index (Phi) is 5.49. The fraction of sp³-hybridized carbons (Fsp3) is 0.0769. The molecule has 5 aromatic rings. The molecule has 0 aliphatic heterocycles. The Morgan fingerprint density at radius 3 is 1.74 bits per heavy atom. The maximum Gasteiger partial charge on any atom is 0.344 e. The number of phenols is 1. The molecular weight excluding hydrogens is 520 g/mol. The molecule has 35 heavy (non-hydrogen) atoms. The molecule has 0 spiro atoms. The standard InChI is InChI=1S/C26H17BrO8/c1-33-24-15(27)10-12(11-16(24)28)19(20-22(29)13-6-2-4-8-17(13)34-25(20)31)21-23(30)14-7-3-5-9-18(14)35-26(21)32/h2-11,19,28-30H,1H3. The van der Waals surface area contributed by atoms with Crippen LogP contribution in [0.5, 0.6) is 23.0 Å². The van der Waals surface area contributed by atoms with Gasteiger partial charge in [0.25, 0.3) is 0 Å². The molecule has 3 N–H and O–H groups in total. The minimum Gasteiger partial charge on any atom is -0.507 e. The van der Waals surface area contributed by atoms with Gasteiger partial charge in [-0.2, -0.15) is 0 Å². The van der Waals surface area contributed by atoms with E-state index in [-0.39, 0.29) is 50.1 Å². The average Bonchev–Trinajstić information content (AvgIpc) is 2.82. The van der Waals surface area contributed by atoms with Gasteiger partial charge < -0.3 is 28.9 Å². The first-order valence-electron chi connectivity index (χ1n) is 10.4. The lowest BCUT2D eigenvalue weighted by Gasteiger charge is -2.21. The zero-order valence-corrected chi connectivity index (χ0v) is 19.7. The van der Waals surface area contributed by atoms with Crippen molar-refractivity contribution in [2.24, 2.45) is 0 Å². The topological polar surface area (TPSA) is 130 Å². The molecule has 0 amide bonds. The lowest BCUT2D eigenvalue weighted by Crippen LogP contribution is -2.21. The van der Waals surface area contributed by atoms with Crippen LogP contribution in [0.1, 0.15) is 22.6 Å². The highest BCUT2D eigenvalue weighted by molar-refractivity contribution is 9.10. The number of rotatable bonds is 4. The molecule has 176 valence electrons. The van der Waals surface area contributed by atoms with E-state index in [1.165, 1.54) is 31.4 Å². The van der Waals surface area contributed by atoms with Crippen molar-refractivity contribution in [3.8, 4) is 23.0 Å². The molecule has 0 bridgehead atoms. The molecule has 0 unspecified atom stereocenters. The third-order valence-electron chi connectivity index (χ3n) is 5.80. The van der Waals surface area contributed by atoms with Crippen LogP contribution in [0.4, 0.5) is 0 Å². The molecule has 9 heteroatoms. The zero-order valence-electron chi connectivity index (χ0n) is 18.1. The number of phenolic OH excluding ortho intramolecular Hbond substituents is 1. The van der Waals surface area contributed by atoms with Gasteiger partial charge in [-0.25, -0.2) is 9.59 Å². The van der Waals surface area contributed by atoms with Crippen LogP contribution in [-0.2, 0) is 0 Å². The summed E-state index contributed by atoms with van der Waals surface area (Å²) in [6.07, 6.45) is 0. The van der Waals surface area contributed by atoms with E-state index in [4.69, 9.17) is 13.6 Å². The second kappa shape index (κ2) is 8.52. The minimum atomic E-state index is -1.37. The number of hydrogen-bond acceptors (Lipinski definition) is 8. The number of fused-ring (bicyclic) bond motifs is 2. The van der Waals surface area contributed by atoms with E-state index >= 15 is 0 Å². The summed E-state index contributed by atoms with van der Waals surface area (Å²) in [6, 6.07) is 15.5. The second-order valence-electron chi connectivity index (χ2n) is 7.78. The van der Waals surface area contributed by atoms with Crippen molar-refractivity contribution in [2.45, 2.75) is 5.92 Å². The van der Waals surface area contributed by atoms with Gasteiger partial charge in [0.1, 0.15) is 22.7 Å². The monoisotopic (exact) mass is 536 g/mol. The van der Waals surface area contributed by atoms with Crippen LogP contribution in [0.15, 0.2) is 83.6 Å². The fourth-order valence-corrected chi connectivity index (χ4v) is 4.88.